The van der Waals surface area contributed by atoms with Gasteiger partial charge in [0.1, 0.15) is 0 Å². The largest absolute Gasteiger partial charge is 0.363 e. The van der Waals surface area contributed by atoms with E-state index >= 15 is 0 Å². The molecule has 10 heteroatoms. The number of carbonyl (C=O) groups excluding carboxylic acids is 1. The molecule has 2 bridgehead atoms. The van der Waals surface area contributed by atoms with Crippen molar-refractivity contribution in [1.82, 2.24) is 20.1 Å². The fourth-order valence-corrected chi connectivity index (χ4v) is 7.25. The van der Waals surface area contributed by atoms with Crippen LogP contribution in [0.3, 0.4) is 0 Å². The van der Waals surface area contributed by atoms with Gasteiger partial charge in [0.25, 0.3) is 0 Å². The number of benzene rings is 1. The predicted octanol–water partition coefficient (Wildman–Crippen LogP) is 3.95. The van der Waals surface area contributed by atoms with Crippen LogP contribution in [0.2, 0.25) is 0 Å². The average molecular weight is 499 g/mol. The van der Waals surface area contributed by atoms with Gasteiger partial charge in [0.15, 0.2) is 5.52 Å². The second-order valence-electron chi connectivity index (χ2n) is 11.5. The maximum Gasteiger partial charge on any atom is 0.300 e. The number of nitro groups is 1. The van der Waals surface area contributed by atoms with E-state index < -0.39 is 4.92 Å². The molecule has 2 unspecified atom stereocenters. The molecule has 1 aromatic heterocycles. The van der Waals surface area contributed by atoms with E-state index in [-0.39, 0.29) is 23.7 Å². The zero-order chi connectivity index (χ0) is 25.6. The summed E-state index contributed by atoms with van der Waals surface area (Å²) in [5, 5.41) is 18.9. The van der Waals surface area contributed by atoms with Gasteiger partial charge in [-0.05, 0) is 79.2 Å². The Bertz CT molecular complexity index is 1110. The number of hydrogen-bond donors (Lipinski definition) is 0. The third kappa shape index (κ3) is 4.55. The van der Waals surface area contributed by atoms with E-state index in [1.54, 1.807) is 18.0 Å². The summed E-state index contributed by atoms with van der Waals surface area (Å²) in [5.74, 6) is 2.83. The smallest absolute Gasteiger partial charge is 0.300 e. The van der Waals surface area contributed by atoms with Crippen molar-refractivity contribution in [3.63, 3.8) is 0 Å². The molecule has 1 saturated carbocycles. The van der Waals surface area contributed by atoms with Crippen LogP contribution in [0, 0.1) is 33.8 Å². The van der Waals surface area contributed by atoms with E-state index in [9.17, 15) is 14.9 Å². The van der Waals surface area contributed by atoms with Crippen molar-refractivity contribution in [2.75, 3.05) is 39.1 Å². The Kier molecular flexibility index (Phi) is 6.89. The molecule has 2 aromatic rings. The molecule has 3 fully saturated rings. The van der Waals surface area contributed by atoms with E-state index in [2.05, 4.69) is 29.2 Å². The summed E-state index contributed by atoms with van der Waals surface area (Å²) in [5.41, 5.74) is 0.811. The van der Waals surface area contributed by atoms with Crippen molar-refractivity contribution in [2.45, 2.75) is 64.0 Å². The molecule has 0 radical (unpaired) electrons. The van der Waals surface area contributed by atoms with E-state index in [1.807, 2.05) is 11.9 Å². The van der Waals surface area contributed by atoms with E-state index in [1.165, 1.54) is 51.0 Å². The molecule has 0 spiro atoms. The highest BCUT2D eigenvalue weighted by Gasteiger charge is 2.48. The summed E-state index contributed by atoms with van der Waals surface area (Å²) >= 11 is 0. The molecule has 3 heterocycles. The topological polar surface area (TPSA) is 109 Å². The zero-order valence-electron chi connectivity index (χ0n) is 21.8. The Morgan fingerprint density at radius 1 is 1.14 bits per heavy atom. The minimum atomic E-state index is -0.507. The second-order valence-corrected chi connectivity index (χ2v) is 11.5. The van der Waals surface area contributed by atoms with Crippen molar-refractivity contribution in [1.29, 1.82) is 0 Å². The molecule has 4 atom stereocenters. The molecule has 10 nitrogen and oxygen atoms in total. The molecule has 0 N–H and O–H groups in total. The van der Waals surface area contributed by atoms with Gasteiger partial charge < -0.3 is 14.7 Å². The van der Waals surface area contributed by atoms with Crippen LogP contribution in [0.15, 0.2) is 16.8 Å². The van der Waals surface area contributed by atoms with E-state index in [0.717, 1.165) is 18.4 Å². The number of fused-ring (bicyclic) bond motifs is 3. The normalized spacial score (nSPS) is 30.4. The highest BCUT2D eigenvalue weighted by molar-refractivity contribution is 5.95. The Morgan fingerprint density at radius 2 is 1.86 bits per heavy atom. The monoisotopic (exact) mass is 498 g/mol. The summed E-state index contributed by atoms with van der Waals surface area (Å²) in [7, 11) is 5.99. The van der Waals surface area contributed by atoms with Crippen LogP contribution in [0.1, 0.15) is 51.9 Å². The number of rotatable bonds is 7. The molecular formula is C26H38N6O4. The van der Waals surface area contributed by atoms with Gasteiger partial charge in [0.05, 0.1) is 17.2 Å². The molecule has 36 heavy (non-hydrogen) atoms. The van der Waals surface area contributed by atoms with Gasteiger partial charge in [0, 0.05) is 38.8 Å². The van der Waals surface area contributed by atoms with Gasteiger partial charge in [-0.15, -0.1) is 0 Å². The quantitative estimate of drug-likeness (QED) is 0.417. The van der Waals surface area contributed by atoms with Crippen LogP contribution >= 0.6 is 0 Å². The third-order valence-electron chi connectivity index (χ3n) is 9.41. The Balaban J connectivity index is 1.29. The summed E-state index contributed by atoms with van der Waals surface area (Å²) in [6, 6.07) is 4.24. The molecule has 5 rings (SSSR count). The van der Waals surface area contributed by atoms with Crippen molar-refractivity contribution in [2.24, 2.45) is 23.7 Å². The first-order chi connectivity index (χ1) is 17.2. The van der Waals surface area contributed by atoms with Crippen molar-refractivity contribution in [3.05, 3.63) is 22.2 Å². The average Bonchev–Trinajstić information content (AvgIpc) is 3.43. The lowest BCUT2D eigenvalue weighted by Gasteiger charge is -2.48. The highest BCUT2D eigenvalue weighted by Crippen LogP contribution is 2.48. The number of aromatic nitrogens is 2. The zero-order valence-corrected chi connectivity index (χ0v) is 21.8. The number of nitrogens with zero attached hydrogens (tertiary/aromatic N) is 6. The standard InChI is InChI=1S/C26H38N6O4/c1-16-5-7-17(8-6-16)19-13-18-9-10-21(31(18)4)20(19)14-30(3)24(33)15-29(2)22-11-12-23(32(34)35)26-25(22)27-36-28-26/h11-12,16-21H,5-10,13-15H2,1-4H3/t16?,17?,18-,19-,20?,21?/m1/s1. The minimum absolute atomic E-state index is 0.0271. The molecular weight excluding hydrogens is 460 g/mol. The summed E-state index contributed by atoms with van der Waals surface area (Å²) in [6.07, 6.45) is 9.09. The number of nitro benzene ring substituents is 1. The molecule has 3 aliphatic rings. The number of likely N-dealkylation sites (N-methyl/N-ethyl adjacent to an activating group) is 2. The minimum Gasteiger partial charge on any atom is -0.363 e. The van der Waals surface area contributed by atoms with Gasteiger partial charge in [0.2, 0.25) is 11.4 Å². The first-order valence-electron chi connectivity index (χ1n) is 13.3. The highest BCUT2D eigenvalue weighted by atomic mass is 16.6. The van der Waals surface area contributed by atoms with Crippen LogP contribution < -0.4 is 4.90 Å². The Morgan fingerprint density at radius 3 is 2.58 bits per heavy atom. The Labute approximate surface area is 212 Å². The summed E-state index contributed by atoms with van der Waals surface area (Å²) in [6.45, 7) is 3.30. The van der Waals surface area contributed by atoms with Gasteiger partial charge in [-0.2, -0.15) is 0 Å². The van der Waals surface area contributed by atoms with Gasteiger partial charge >= 0.3 is 5.69 Å². The molecule has 2 saturated heterocycles. The van der Waals surface area contributed by atoms with Crippen molar-refractivity contribution < 1.29 is 14.3 Å². The number of carbonyl (C=O) groups is 1. The lowest BCUT2D eigenvalue weighted by atomic mass is 9.67. The number of hydrogen-bond acceptors (Lipinski definition) is 8. The van der Waals surface area contributed by atoms with Gasteiger partial charge in [-0.3, -0.25) is 14.9 Å². The maximum absolute atomic E-state index is 13.4. The van der Waals surface area contributed by atoms with Crippen molar-refractivity contribution >= 4 is 28.3 Å². The van der Waals surface area contributed by atoms with E-state index in [4.69, 9.17) is 4.63 Å². The molecule has 1 aromatic carbocycles. The Hall–Kier alpha value is -2.75. The molecule has 2 aliphatic heterocycles. The third-order valence-corrected chi connectivity index (χ3v) is 9.41. The van der Waals surface area contributed by atoms with Crippen LogP contribution in [0.25, 0.3) is 11.0 Å². The molecule has 1 amide bonds. The van der Waals surface area contributed by atoms with Crippen molar-refractivity contribution in [3.8, 4) is 0 Å². The lowest BCUT2D eigenvalue weighted by Crippen LogP contribution is -2.53. The maximum atomic E-state index is 13.4. The second kappa shape index (κ2) is 9.95. The lowest BCUT2D eigenvalue weighted by molar-refractivity contribution is -0.383. The first-order valence-corrected chi connectivity index (χ1v) is 13.3. The van der Waals surface area contributed by atoms with Crippen LogP contribution in [-0.2, 0) is 4.79 Å². The van der Waals surface area contributed by atoms with Gasteiger partial charge in [-0.25, -0.2) is 4.63 Å². The summed E-state index contributed by atoms with van der Waals surface area (Å²) < 4.78 is 4.78. The van der Waals surface area contributed by atoms with E-state index in [0.29, 0.717) is 35.1 Å². The van der Waals surface area contributed by atoms with Gasteiger partial charge in [-0.1, -0.05) is 19.8 Å². The number of piperidine rings is 1. The number of amides is 1. The van der Waals surface area contributed by atoms with Crippen LogP contribution in [0.5, 0.6) is 0 Å². The molecule has 1 aliphatic carbocycles. The van der Waals surface area contributed by atoms with Crippen LogP contribution in [-0.4, -0.2) is 77.3 Å². The SMILES string of the molecule is CC1CCC([C@H]2C[C@H]3CCC(C2CN(C)C(=O)CN(C)c2ccc([N+](=O)[O-])c4nonc24)N3C)CC1. The predicted molar refractivity (Wildman–Crippen MR) is 137 cm³/mol. The molecule has 196 valence electrons. The first kappa shape index (κ1) is 24.9. The fourth-order valence-electron chi connectivity index (χ4n) is 7.25. The fraction of sp³-hybridized carbons (Fsp3) is 0.731. The van der Waals surface area contributed by atoms with Crippen LogP contribution in [0.4, 0.5) is 11.4 Å². The summed E-state index contributed by atoms with van der Waals surface area (Å²) in [4.78, 5) is 30.4. The number of anilines is 1. The number of non-ortho nitro benzene ring substituents is 1.